The second-order valence-electron chi connectivity index (χ2n) is 8.41. The Labute approximate surface area is 174 Å². The van der Waals surface area contributed by atoms with E-state index in [-0.39, 0.29) is 11.3 Å². The van der Waals surface area contributed by atoms with Gasteiger partial charge in [0, 0.05) is 30.9 Å². The highest BCUT2D eigenvalue weighted by atomic mass is 32.2. The third-order valence-electron chi connectivity index (χ3n) is 5.53. The number of nitrogens with zero attached hydrogens (tertiary/aromatic N) is 2. The molecule has 2 aromatic rings. The Morgan fingerprint density at radius 3 is 2.21 bits per heavy atom. The number of hydrogen-bond acceptors (Lipinski definition) is 3. The molecule has 6 heteroatoms. The first kappa shape index (κ1) is 21.5. The molecule has 0 N–H and O–H groups in total. The fourth-order valence-electron chi connectivity index (χ4n) is 3.73. The molecule has 0 aromatic heterocycles. The van der Waals surface area contributed by atoms with E-state index in [9.17, 15) is 13.2 Å². The highest BCUT2D eigenvalue weighted by Crippen LogP contribution is 2.32. The molecular weight excluding hydrogens is 384 g/mol. The number of amides is 1. The van der Waals surface area contributed by atoms with Gasteiger partial charge in [-0.2, -0.15) is 4.31 Å². The van der Waals surface area contributed by atoms with Crippen molar-refractivity contribution in [1.82, 2.24) is 4.31 Å². The molecule has 0 radical (unpaired) electrons. The number of fused-ring (bicyclic) bond motifs is 1. The second-order valence-corrected chi connectivity index (χ2v) is 10.4. The molecule has 0 atom stereocenters. The van der Waals surface area contributed by atoms with Gasteiger partial charge in [-0.15, -0.1) is 0 Å². The Morgan fingerprint density at radius 2 is 1.66 bits per heavy atom. The number of sulfonamides is 1. The largest absolute Gasteiger partial charge is 0.308 e. The summed E-state index contributed by atoms with van der Waals surface area (Å²) in [4.78, 5) is 15.1. The van der Waals surface area contributed by atoms with Crippen LogP contribution in [0.1, 0.15) is 56.1 Å². The summed E-state index contributed by atoms with van der Waals surface area (Å²) in [6.45, 7) is 11.5. The van der Waals surface area contributed by atoms with Crippen molar-refractivity contribution in [3.63, 3.8) is 0 Å². The van der Waals surface area contributed by atoms with Crippen molar-refractivity contribution in [2.45, 2.75) is 51.3 Å². The molecule has 0 saturated heterocycles. The first-order chi connectivity index (χ1) is 13.6. The quantitative estimate of drug-likeness (QED) is 0.736. The zero-order valence-electron chi connectivity index (χ0n) is 17.9. The molecular formula is C23H30N2O3S. The van der Waals surface area contributed by atoms with Crippen LogP contribution in [-0.2, 0) is 21.9 Å². The molecule has 1 aliphatic rings. The van der Waals surface area contributed by atoms with E-state index in [4.69, 9.17) is 0 Å². The Kier molecular flexibility index (Phi) is 5.88. The fourth-order valence-corrected chi connectivity index (χ4v) is 5.24. The average molecular weight is 415 g/mol. The minimum Gasteiger partial charge on any atom is -0.308 e. The van der Waals surface area contributed by atoms with Gasteiger partial charge in [0.2, 0.25) is 10.0 Å². The lowest BCUT2D eigenvalue weighted by atomic mass is 9.86. The standard InChI is InChI=1S/C23H30N2O3S/c1-6-24(7-2)29(27,28)20-12-13-21-18(16-20)14-15-25(21)22(26)17-8-10-19(11-9-17)23(3,4)5/h8-13,16H,6-7,14-15H2,1-5H3. The average Bonchev–Trinajstić information content (AvgIpc) is 3.11. The van der Waals surface area contributed by atoms with E-state index >= 15 is 0 Å². The Balaban J connectivity index is 1.87. The predicted octanol–water partition coefficient (Wildman–Crippen LogP) is 4.22. The Morgan fingerprint density at radius 1 is 1.03 bits per heavy atom. The zero-order valence-corrected chi connectivity index (χ0v) is 18.7. The van der Waals surface area contributed by atoms with E-state index in [1.165, 1.54) is 9.87 Å². The first-order valence-corrected chi connectivity index (χ1v) is 11.6. The molecule has 1 aliphatic heterocycles. The molecule has 1 amide bonds. The third kappa shape index (κ3) is 4.09. The summed E-state index contributed by atoms with van der Waals surface area (Å²) in [5.41, 5.74) is 3.56. The molecule has 0 spiro atoms. The van der Waals surface area contributed by atoms with Gasteiger partial charge >= 0.3 is 0 Å². The van der Waals surface area contributed by atoms with E-state index in [2.05, 4.69) is 20.8 Å². The van der Waals surface area contributed by atoms with Gasteiger partial charge in [-0.3, -0.25) is 4.79 Å². The van der Waals surface area contributed by atoms with Gasteiger partial charge in [0.15, 0.2) is 0 Å². The number of carbonyl (C=O) groups is 1. The van der Waals surface area contributed by atoms with Crippen molar-refractivity contribution in [2.75, 3.05) is 24.5 Å². The molecule has 2 aromatic carbocycles. The summed E-state index contributed by atoms with van der Waals surface area (Å²) in [5.74, 6) is -0.0523. The van der Waals surface area contributed by atoms with Gasteiger partial charge in [-0.25, -0.2) is 8.42 Å². The van der Waals surface area contributed by atoms with Crippen molar-refractivity contribution < 1.29 is 13.2 Å². The van der Waals surface area contributed by atoms with Crippen LogP contribution in [-0.4, -0.2) is 38.3 Å². The van der Waals surface area contributed by atoms with E-state index in [0.29, 0.717) is 36.5 Å². The highest BCUT2D eigenvalue weighted by Gasteiger charge is 2.29. The number of carbonyl (C=O) groups excluding carboxylic acids is 1. The van der Waals surface area contributed by atoms with Gasteiger partial charge in [-0.1, -0.05) is 46.8 Å². The van der Waals surface area contributed by atoms with Crippen LogP contribution in [0.4, 0.5) is 5.69 Å². The van der Waals surface area contributed by atoms with Crippen molar-refractivity contribution in [1.29, 1.82) is 0 Å². The van der Waals surface area contributed by atoms with Crippen LogP contribution in [0.2, 0.25) is 0 Å². The van der Waals surface area contributed by atoms with E-state index in [0.717, 1.165) is 11.3 Å². The van der Waals surface area contributed by atoms with E-state index in [1.807, 2.05) is 38.1 Å². The van der Waals surface area contributed by atoms with Crippen LogP contribution in [0.25, 0.3) is 0 Å². The Bertz CT molecular complexity index is 1000. The monoisotopic (exact) mass is 414 g/mol. The molecule has 0 bridgehead atoms. The summed E-state index contributed by atoms with van der Waals surface area (Å²) in [7, 11) is -3.50. The topological polar surface area (TPSA) is 57.7 Å². The lowest BCUT2D eigenvalue weighted by molar-refractivity contribution is 0.0989. The third-order valence-corrected chi connectivity index (χ3v) is 7.58. The lowest BCUT2D eigenvalue weighted by Gasteiger charge is -2.21. The van der Waals surface area contributed by atoms with Crippen molar-refractivity contribution >= 4 is 21.6 Å². The van der Waals surface area contributed by atoms with Crippen molar-refractivity contribution in [3.05, 3.63) is 59.2 Å². The molecule has 1 heterocycles. The van der Waals surface area contributed by atoms with Gasteiger partial charge in [-0.05, 0) is 53.3 Å². The van der Waals surface area contributed by atoms with Gasteiger partial charge in [0.05, 0.1) is 4.90 Å². The van der Waals surface area contributed by atoms with Crippen LogP contribution >= 0.6 is 0 Å². The van der Waals surface area contributed by atoms with Crippen LogP contribution in [0.15, 0.2) is 47.4 Å². The first-order valence-electron chi connectivity index (χ1n) is 10.1. The minimum absolute atomic E-state index is 0.0363. The number of anilines is 1. The summed E-state index contributed by atoms with van der Waals surface area (Å²) >= 11 is 0. The molecule has 0 aliphatic carbocycles. The summed E-state index contributed by atoms with van der Waals surface area (Å²) in [6, 6.07) is 12.9. The summed E-state index contributed by atoms with van der Waals surface area (Å²) < 4.78 is 27.0. The number of rotatable bonds is 5. The zero-order chi connectivity index (χ0) is 21.4. The van der Waals surface area contributed by atoms with Crippen molar-refractivity contribution in [2.24, 2.45) is 0 Å². The molecule has 3 rings (SSSR count). The van der Waals surface area contributed by atoms with Crippen LogP contribution in [0.3, 0.4) is 0 Å². The van der Waals surface area contributed by atoms with E-state index < -0.39 is 10.0 Å². The molecule has 29 heavy (non-hydrogen) atoms. The second kappa shape index (κ2) is 7.92. The maximum Gasteiger partial charge on any atom is 0.258 e. The molecule has 156 valence electrons. The van der Waals surface area contributed by atoms with Gasteiger partial charge in [0.25, 0.3) is 5.91 Å². The lowest BCUT2D eigenvalue weighted by Crippen LogP contribution is -2.30. The van der Waals surface area contributed by atoms with Gasteiger partial charge < -0.3 is 4.90 Å². The van der Waals surface area contributed by atoms with Crippen molar-refractivity contribution in [3.8, 4) is 0 Å². The minimum atomic E-state index is -3.50. The molecule has 0 unspecified atom stereocenters. The van der Waals surface area contributed by atoms with Crippen LogP contribution < -0.4 is 4.90 Å². The molecule has 0 saturated carbocycles. The summed E-state index contributed by atoms with van der Waals surface area (Å²) in [5, 5.41) is 0. The normalized spacial score (nSPS) is 14.3. The highest BCUT2D eigenvalue weighted by molar-refractivity contribution is 7.89. The van der Waals surface area contributed by atoms with E-state index in [1.54, 1.807) is 23.1 Å². The predicted molar refractivity (Wildman–Crippen MR) is 117 cm³/mol. The van der Waals surface area contributed by atoms with Crippen LogP contribution in [0.5, 0.6) is 0 Å². The van der Waals surface area contributed by atoms with Gasteiger partial charge in [0.1, 0.15) is 0 Å². The maximum absolute atomic E-state index is 13.1. The fraction of sp³-hybridized carbons (Fsp3) is 0.435. The number of hydrogen-bond donors (Lipinski definition) is 0. The Hall–Kier alpha value is -2.18. The maximum atomic E-state index is 13.1. The SMILES string of the molecule is CCN(CC)S(=O)(=O)c1ccc2c(c1)CCN2C(=O)c1ccc(C(C)(C)C)cc1. The smallest absolute Gasteiger partial charge is 0.258 e. The molecule has 5 nitrogen and oxygen atoms in total. The summed E-state index contributed by atoms with van der Waals surface area (Å²) in [6.07, 6.45) is 0.656. The van der Waals surface area contributed by atoms with Crippen LogP contribution in [0, 0.1) is 0 Å². The number of benzene rings is 2. The molecule has 0 fully saturated rings.